The molecule has 0 aliphatic heterocycles. The summed E-state index contributed by atoms with van der Waals surface area (Å²) in [5.74, 6) is 0.785. The van der Waals surface area contributed by atoms with Crippen LogP contribution in [0.3, 0.4) is 0 Å². The van der Waals surface area contributed by atoms with Gasteiger partial charge in [0.05, 0.1) is 0 Å². The molecule has 4 heteroatoms. The number of aryl methyl sites for hydroxylation is 2. The van der Waals surface area contributed by atoms with Gasteiger partial charge >= 0.3 is 0 Å². The van der Waals surface area contributed by atoms with Crippen molar-refractivity contribution in [2.75, 3.05) is 0 Å². The van der Waals surface area contributed by atoms with Crippen LogP contribution in [0.2, 0.25) is 0 Å². The molecule has 33 heavy (non-hydrogen) atoms. The molecule has 0 aliphatic carbocycles. The van der Waals surface area contributed by atoms with Gasteiger partial charge in [0.25, 0.3) is 0 Å². The van der Waals surface area contributed by atoms with E-state index in [1.807, 2.05) is 12.1 Å². The van der Waals surface area contributed by atoms with E-state index in [0.29, 0.717) is 11.7 Å². The Kier molecular flexibility index (Phi) is 8.71. The van der Waals surface area contributed by atoms with Gasteiger partial charge in [0.15, 0.2) is 5.82 Å². The first-order valence-corrected chi connectivity index (χ1v) is 11.5. The predicted octanol–water partition coefficient (Wildman–Crippen LogP) is 7.65. The number of hydrogen-bond acceptors (Lipinski definition) is 2. The van der Waals surface area contributed by atoms with Gasteiger partial charge in [-0.05, 0) is 54.0 Å². The summed E-state index contributed by atoms with van der Waals surface area (Å²) in [5.41, 5.74) is 6.38. The van der Waals surface area contributed by atoms with Crippen LogP contribution in [0.15, 0.2) is 79.1 Å². The molecular formula is C29H32FN3. The largest absolute Gasteiger partial charge is 0.237 e. The van der Waals surface area contributed by atoms with Crippen LogP contribution < -0.4 is 0 Å². The van der Waals surface area contributed by atoms with E-state index in [9.17, 15) is 4.39 Å². The summed E-state index contributed by atoms with van der Waals surface area (Å²) in [5, 5.41) is 3.62. The van der Waals surface area contributed by atoms with Gasteiger partial charge in [-0.1, -0.05) is 93.1 Å². The fraction of sp³-hybridized carbons (Fsp3) is 0.241. The highest BCUT2D eigenvalue weighted by Gasteiger charge is 2.02. The van der Waals surface area contributed by atoms with E-state index >= 15 is 0 Å². The molecule has 170 valence electrons. The minimum atomic E-state index is -0.494. The second-order valence-corrected chi connectivity index (χ2v) is 8.18. The molecule has 2 aromatic heterocycles. The van der Waals surface area contributed by atoms with Crippen LogP contribution in [0.1, 0.15) is 60.9 Å². The molecule has 0 fully saturated rings. The predicted molar refractivity (Wildman–Crippen MR) is 136 cm³/mol. The summed E-state index contributed by atoms with van der Waals surface area (Å²) in [4.78, 5) is 4.17. The van der Waals surface area contributed by atoms with Crippen molar-refractivity contribution < 1.29 is 4.39 Å². The topological polar surface area (TPSA) is 30.7 Å². The van der Waals surface area contributed by atoms with Gasteiger partial charge < -0.3 is 0 Å². The van der Waals surface area contributed by atoms with Crippen molar-refractivity contribution in [3.05, 3.63) is 113 Å². The number of rotatable bonds is 6. The molecule has 0 saturated carbocycles. The summed E-state index contributed by atoms with van der Waals surface area (Å²) in [6.07, 6.45) is 9.79. The van der Waals surface area contributed by atoms with Crippen molar-refractivity contribution in [1.82, 2.24) is 14.8 Å². The molecule has 0 N–H and O–H groups in total. The summed E-state index contributed by atoms with van der Waals surface area (Å²) in [6, 6.07) is 22.6. The van der Waals surface area contributed by atoms with Gasteiger partial charge in [0, 0.05) is 18.5 Å². The number of halogens is 1. The lowest BCUT2D eigenvalue weighted by Crippen LogP contribution is -1.98. The van der Waals surface area contributed by atoms with Gasteiger partial charge in [-0.15, -0.1) is 5.10 Å². The van der Waals surface area contributed by atoms with Crippen molar-refractivity contribution in [3.63, 3.8) is 0 Å². The highest BCUT2D eigenvalue weighted by molar-refractivity contribution is 5.69. The van der Waals surface area contributed by atoms with Crippen molar-refractivity contribution >= 4 is 12.2 Å². The molecule has 1 unspecified atom stereocenters. The summed E-state index contributed by atoms with van der Waals surface area (Å²) >= 11 is 0. The quantitative estimate of drug-likeness (QED) is 0.288. The standard InChI is InChI=1S/C19H22.C10H10FN3/c1-4-16(3)19-13-11-18(12-14-19)10-9-17-7-5-15(2)6-8-17;1-2-8-3-4-10(12-7-8)14-6-5-9(11)13-14/h5-14,16H,4H2,1-3H3;3-7H,2H2,1H3/b10-9+;. The molecule has 3 nitrogen and oxygen atoms in total. The lowest BCUT2D eigenvalue weighted by atomic mass is 9.97. The third kappa shape index (κ3) is 7.25. The van der Waals surface area contributed by atoms with Crippen LogP contribution in [0, 0.1) is 12.9 Å². The van der Waals surface area contributed by atoms with E-state index < -0.39 is 5.95 Å². The lowest BCUT2D eigenvalue weighted by Gasteiger charge is -2.08. The molecule has 0 spiro atoms. The third-order valence-corrected chi connectivity index (χ3v) is 5.67. The van der Waals surface area contributed by atoms with Gasteiger partial charge in [-0.3, -0.25) is 0 Å². The minimum absolute atomic E-state index is 0.494. The van der Waals surface area contributed by atoms with E-state index in [4.69, 9.17) is 0 Å². The maximum absolute atomic E-state index is 12.6. The van der Waals surface area contributed by atoms with E-state index in [1.165, 1.54) is 39.4 Å². The Labute approximate surface area is 196 Å². The zero-order valence-electron chi connectivity index (χ0n) is 19.9. The van der Waals surface area contributed by atoms with Crippen LogP contribution in [-0.4, -0.2) is 14.8 Å². The zero-order valence-corrected chi connectivity index (χ0v) is 19.9. The SMILES string of the molecule is CCC(C)c1ccc(/C=C/c2ccc(C)cc2)cc1.CCc1ccc(-n2ccc(F)n2)nc1. The molecule has 4 rings (SSSR count). The summed E-state index contributed by atoms with van der Waals surface area (Å²) in [6.45, 7) is 8.68. The Morgan fingerprint density at radius 2 is 1.52 bits per heavy atom. The molecule has 0 bridgehead atoms. The average molecular weight is 442 g/mol. The maximum atomic E-state index is 12.6. The van der Waals surface area contributed by atoms with E-state index in [1.54, 1.807) is 12.4 Å². The van der Waals surface area contributed by atoms with Crippen LogP contribution in [0.25, 0.3) is 18.0 Å². The van der Waals surface area contributed by atoms with Crippen molar-refractivity contribution in [3.8, 4) is 5.82 Å². The zero-order chi connectivity index (χ0) is 23.6. The van der Waals surface area contributed by atoms with E-state index in [-0.39, 0.29) is 0 Å². The Bertz CT molecular complexity index is 1140. The molecule has 0 amide bonds. The Morgan fingerprint density at radius 1 is 0.879 bits per heavy atom. The molecule has 0 radical (unpaired) electrons. The van der Waals surface area contributed by atoms with Crippen molar-refractivity contribution in [1.29, 1.82) is 0 Å². The molecule has 1 atom stereocenters. The first kappa shape index (κ1) is 24.1. The number of pyridine rings is 1. The number of nitrogens with zero attached hydrogens (tertiary/aromatic N) is 3. The summed E-state index contributed by atoms with van der Waals surface area (Å²) < 4.78 is 14.0. The van der Waals surface area contributed by atoms with Crippen LogP contribution in [0.4, 0.5) is 4.39 Å². The molecule has 2 heterocycles. The average Bonchev–Trinajstić information content (AvgIpc) is 3.30. The first-order chi connectivity index (χ1) is 16.0. The third-order valence-electron chi connectivity index (χ3n) is 5.67. The number of benzene rings is 2. The lowest BCUT2D eigenvalue weighted by molar-refractivity contribution is 0.564. The molecule has 0 saturated heterocycles. The second-order valence-electron chi connectivity index (χ2n) is 8.18. The molecule has 4 aromatic rings. The summed E-state index contributed by atoms with van der Waals surface area (Å²) in [7, 11) is 0. The van der Waals surface area contributed by atoms with Crippen LogP contribution >= 0.6 is 0 Å². The second kappa shape index (κ2) is 11.9. The van der Waals surface area contributed by atoms with Crippen LogP contribution in [-0.2, 0) is 6.42 Å². The van der Waals surface area contributed by atoms with Crippen molar-refractivity contribution in [2.45, 2.75) is 46.5 Å². The Balaban J connectivity index is 0.000000194. The van der Waals surface area contributed by atoms with E-state index in [2.05, 4.69) is 98.5 Å². The molecule has 0 aliphatic rings. The molecular weight excluding hydrogens is 409 g/mol. The van der Waals surface area contributed by atoms with Gasteiger partial charge in [0.2, 0.25) is 5.95 Å². The van der Waals surface area contributed by atoms with E-state index in [0.717, 1.165) is 12.0 Å². The maximum Gasteiger partial charge on any atom is 0.233 e. The minimum Gasteiger partial charge on any atom is -0.237 e. The fourth-order valence-electron chi connectivity index (χ4n) is 3.23. The Morgan fingerprint density at radius 3 is 2.00 bits per heavy atom. The number of aromatic nitrogens is 3. The molecule has 2 aromatic carbocycles. The normalized spacial score (nSPS) is 11.8. The fourth-order valence-corrected chi connectivity index (χ4v) is 3.23. The monoisotopic (exact) mass is 441 g/mol. The van der Waals surface area contributed by atoms with Gasteiger partial charge in [-0.25, -0.2) is 9.67 Å². The van der Waals surface area contributed by atoms with Crippen molar-refractivity contribution in [2.24, 2.45) is 0 Å². The highest BCUT2D eigenvalue weighted by atomic mass is 19.1. The van der Waals surface area contributed by atoms with Gasteiger partial charge in [-0.2, -0.15) is 4.39 Å². The smallest absolute Gasteiger partial charge is 0.233 e. The first-order valence-electron chi connectivity index (χ1n) is 11.5. The van der Waals surface area contributed by atoms with Gasteiger partial charge in [0.1, 0.15) is 0 Å². The number of hydrogen-bond donors (Lipinski definition) is 0. The van der Waals surface area contributed by atoms with Crippen LogP contribution in [0.5, 0.6) is 0 Å². The Hall–Kier alpha value is -3.53. The highest BCUT2D eigenvalue weighted by Crippen LogP contribution is 2.19.